The fourth-order valence-corrected chi connectivity index (χ4v) is 8.74. The molecule has 0 saturated heterocycles. The Morgan fingerprint density at radius 3 is 1.59 bits per heavy atom. The van der Waals surface area contributed by atoms with E-state index in [9.17, 15) is 23.7 Å². The quantitative estimate of drug-likeness (QED) is 0.163. The summed E-state index contributed by atoms with van der Waals surface area (Å²) in [5, 5.41) is 25.0. The molecule has 0 radical (unpaired) electrons. The summed E-state index contributed by atoms with van der Waals surface area (Å²) in [6.45, 7) is 9.29. The van der Waals surface area contributed by atoms with Gasteiger partial charge < -0.3 is 9.13 Å². The summed E-state index contributed by atoms with van der Waals surface area (Å²) in [6, 6.07) is 55.5. The number of benzene rings is 8. The third-order valence-corrected chi connectivity index (χ3v) is 11.5. The molecule has 0 fully saturated rings. The largest absolute Gasteiger partial charge is 0.416 e. The SMILES string of the molecule is [C-]#[N+]c1cccc(-c2ccc3c4ccccc4n(-c4cc(-c5ccc(C(F)(F)F)cc5C)cc(-n5c6ccccc6c6ccc(-c7cccc(C#N)c7)cc65)c4C#N)c3c2)c1. The van der Waals surface area contributed by atoms with E-state index in [1.807, 2.05) is 109 Å². The maximum Gasteiger partial charge on any atom is 0.416 e. The minimum atomic E-state index is -4.52. The zero-order valence-corrected chi connectivity index (χ0v) is 32.5. The van der Waals surface area contributed by atoms with Gasteiger partial charge in [-0.1, -0.05) is 97.1 Å². The third kappa shape index (κ3) is 6.08. The number of halogens is 3. The minimum Gasteiger partial charge on any atom is -0.308 e. The van der Waals surface area contributed by atoms with Crippen molar-refractivity contribution in [2.45, 2.75) is 13.1 Å². The van der Waals surface area contributed by atoms with E-state index in [0.717, 1.165) is 71.9 Å². The highest BCUT2D eigenvalue weighted by molar-refractivity contribution is 6.12. The normalized spacial score (nSPS) is 11.6. The van der Waals surface area contributed by atoms with Crippen LogP contribution in [-0.2, 0) is 6.18 Å². The van der Waals surface area contributed by atoms with Gasteiger partial charge in [-0.2, -0.15) is 23.7 Å². The number of hydrogen-bond donors (Lipinski definition) is 0. The molecule has 0 amide bonds. The Balaban J connectivity index is 1.33. The van der Waals surface area contributed by atoms with Crippen molar-refractivity contribution in [3.8, 4) is 56.9 Å². The van der Waals surface area contributed by atoms with E-state index in [4.69, 9.17) is 6.57 Å². The summed E-state index contributed by atoms with van der Waals surface area (Å²) in [5.74, 6) is 0. The molecule has 0 atom stereocenters. The molecule has 0 aliphatic carbocycles. The standard InChI is InChI=1S/C53H30F3N5/c1-32-23-39(53(54,55)56)19-22-41(32)38-28-51(60-47-15-5-3-13-42(47)44-20-17-36(26-49(44)60)34-10-7-9-33(24-34)30-57)46(31-58)52(29-38)61-48-16-6-4-14-43(48)45-21-18-37(27-50(45)61)35-11-8-12-40(25-35)59-2/h3-29H,1H3. The Labute approximate surface area is 348 Å². The van der Waals surface area contributed by atoms with Crippen molar-refractivity contribution in [3.63, 3.8) is 0 Å². The van der Waals surface area contributed by atoms with Crippen LogP contribution in [0.2, 0.25) is 0 Å². The lowest BCUT2D eigenvalue weighted by Crippen LogP contribution is -2.07. The number of nitriles is 2. The molecule has 61 heavy (non-hydrogen) atoms. The Hall–Kier alpha value is -8.38. The van der Waals surface area contributed by atoms with Crippen molar-refractivity contribution in [3.05, 3.63) is 197 Å². The van der Waals surface area contributed by atoms with Crippen LogP contribution in [0.25, 0.3) is 93.2 Å². The minimum absolute atomic E-state index is 0.357. The molecule has 0 aliphatic rings. The van der Waals surface area contributed by atoms with Crippen LogP contribution in [0.3, 0.4) is 0 Å². The van der Waals surface area contributed by atoms with E-state index in [0.29, 0.717) is 44.9 Å². The van der Waals surface area contributed by atoms with Crippen LogP contribution in [0.15, 0.2) is 164 Å². The van der Waals surface area contributed by atoms with Crippen molar-refractivity contribution in [1.29, 1.82) is 10.5 Å². The molecule has 5 nitrogen and oxygen atoms in total. The van der Waals surface area contributed by atoms with E-state index >= 15 is 0 Å². The third-order valence-electron chi connectivity index (χ3n) is 11.5. The molecule has 0 unspecified atom stereocenters. The van der Waals surface area contributed by atoms with Gasteiger partial charge in [0.05, 0.1) is 57.2 Å². The lowest BCUT2D eigenvalue weighted by Gasteiger charge is -2.20. The molecule has 0 N–H and O–H groups in total. The maximum absolute atomic E-state index is 14.0. The van der Waals surface area contributed by atoms with Gasteiger partial charge in [0.2, 0.25) is 0 Å². The van der Waals surface area contributed by atoms with E-state index in [2.05, 4.69) is 50.4 Å². The van der Waals surface area contributed by atoms with Gasteiger partial charge in [0.15, 0.2) is 5.69 Å². The van der Waals surface area contributed by atoms with Crippen molar-refractivity contribution < 1.29 is 13.2 Å². The van der Waals surface area contributed by atoms with Gasteiger partial charge in [-0.05, 0) is 113 Å². The number of para-hydroxylation sites is 2. The van der Waals surface area contributed by atoms with E-state index in [1.54, 1.807) is 19.1 Å². The van der Waals surface area contributed by atoms with Crippen molar-refractivity contribution >= 4 is 49.3 Å². The second-order valence-corrected chi connectivity index (χ2v) is 15.1. The van der Waals surface area contributed by atoms with Gasteiger partial charge in [-0.3, -0.25) is 0 Å². The van der Waals surface area contributed by atoms with Gasteiger partial charge in [0.25, 0.3) is 0 Å². The lowest BCUT2D eigenvalue weighted by molar-refractivity contribution is -0.137. The first-order chi connectivity index (χ1) is 29.6. The molecule has 8 heteroatoms. The highest BCUT2D eigenvalue weighted by atomic mass is 19.4. The van der Waals surface area contributed by atoms with Crippen LogP contribution < -0.4 is 0 Å². The summed E-state index contributed by atoms with van der Waals surface area (Å²) in [4.78, 5) is 3.64. The molecule has 288 valence electrons. The van der Waals surface area contributed by atoms with Crippen LogP contribution in [-0.4, -0.2) is 9.13 Å². The number of nitrogens with zero attached hydrogens (tertiary/aromatic N) is 5. The second kappa shape index (κ2) is 14.2. The molecular formula is C53H30F3N5. The van der Waals surface area contributed by atoms with Crippen molar-refractivity contribution in [2.75, 3.05) is 0 Å². The molecule has 0 saturated carbocycles. The average molecular weight is 794 g/mol. The highest BCUT2D eigenvalue weighted by Crippen LogP contribution is 2.43. The van der Waals surface area contributed by atoms with Gasteiger partial charge in [0, 0.05) is 21.5 Å². The molecule has 0 spiro atoms. The van der Waals surface area contributed by atoms with Crippen molar-refractivity contribution in [1.82, 2.24) is 9.13 Å². The van der Waals surface area contributed by atoms with E-state index in [-0.39, 0.29) is 0 Å². The fraction of sp³-hybridized carbons (Fsp3) is 0.0377. The molecule has 0 bridgehead atoms. The number of fused-ring (bicyclic) bond motifs is 6. The molecule has 8 aromatic carbocycles. The zero-order chi connectivity index (χ0) is 42.0. The van der Waals surface area contributed by atoms with Crippen LogP contribution in [0.4, 0.5) is 18.9 Å². The molecule has 0 aliphatic heterocycles. The van der Waals surface area contributed by atoms with Gasteiger partial charge in [0.1, 0.15) is 11.6 Å². The monoisotopic (exact) mass is 793 g/mol. The topological polar surface area (TPSA) is 61.8 Å². The first-order valence-corrected chi connectivity index (χ1v) is 19.5. The molecule has 2 aromatic heterocycles. The summed E-state index contributed by atoms with van der Waals surface area (Å²) >= 11 is 0. The second-order valence-electron chi connectivity index (χ2n) is 15.1. The molecule has 10 rings (SSSR count). The summed E-state index contributed by atoms with van der Waals surface area (Å²) in [6.07, 6.45) is -4.52. The Morgan fingerprint density at radius 2 is 1.05 bits per heavy atom. The predicted molar refractivity (Wildman–Crippen MR) is 237 cm³/mol. The molecule has 10 aromatic rings. The molecule has 2 heterocycles. The number of aryl methyl sites for hydroxylation is 1. The fourth-order valence-electron chi connectivity index (χ4n) is 8.74. The Kier molecular flexibility index (Phi) is 8.58. The van der Waals surface area contributed by atoms with E-state index < -0.39 is 11.7 Å². The van der Waals surface area contributed by atoms with Crippen molar-refractivity contribution in [2.24, 2.45) is 0 Å². The van der Waals surface area contributed by atoms with Crippen LogP contribution in [0.5, 0.6) is 0 Å². The van der Waals surface area contributed by atoms with Crippen LogP contribution in [0.1, 0.15) is 22.3 Å². The van der Waals surface area contributed by atoms with Gasteiger partial charge in [-0.15, -0.1) is 0 Å². The number of rotatable bonds is 5. The number of alkyl halides is 3. The first kappa shape index (κ1) is 36.9. The summed E-state index contributed by atoms with van der Waals surface area (Å²) in [5.41, 5.74) is 10.2. The van der Waals surface area contributed by atoms with E-state index in [1.165, 1.54) is 12.1 Å². The number of aromatic nitrogens is 2. The molecular weight excluding hydrogens is 764 g/mol. The Bertz CT molecular complexity index is 3390. The summed E-state index contributed by atoms with van der Waals surface area (Å²) in [7, 11) is 0. The average Bonchev–Trinajstić information content (AvgIpc) is 3.80. The van der Waals surface area contributed by atoms with Crippen LogP contribution >= 0.6 is 0 Å². The van der Waals surface area contributed by atoms with Crippen LogP contribution in [0, 0.1) is 36.2 Å². The summed E-state index contributed by atoms with van der Waals surface area (Å²) < 4.78 is 46.2. The highest BCUT2D eigenvalue weighted by Gasteiger charge is 2.31. The number of hydrogen-bond acceptors (Lipinski definition) is 2. The maximum atomic E-state index is 14.0. The zero-order valence-electron chi connectivity index (χ0n) is 32.5. The first-order valence-electron chi connectivity index (χ1n) is 19.5. The van der Waals surface area contributed by atoms with Gasteiger partial charge >= 0.3 is 6.18 Å². The Morgan fingerprint density at radius 1 is 0.508 bits per heavy atom. The van der Waals surface area contributed by atoms with Gasteiger partial charge in [-0.25, -0.2) is 4.85 Å². The predicted octanol–water partition coefficient (Wildman–Crippen LogP) is 14.5. The lowest BCUT2D eigenvalue weighted by atomic mass is 9.95. The smallest absolute Gasteiger partial charge is 0.308 e.